The first-order valence-corrected chi connectivity index (χ1v) is 2.30. The summed E-state index contributed by atoms with van der Waals surface area (Å²) in [4.78, 5) is 10.4. The van der Waals surface area contributed by atoms with E-state index in [-0.39, 0.29) is 42.1 Å². The molecule has 0 aliphatic rings. The molecular weight excluding hydrogens is 127 g/mol. The Kier molecular flexibility index (Phi) is 8.40. The molecule has 0 bridgehead atoms. The van der Waals surface area contributed by atoms with Crippen molar-refractivity contribution in [3.8, 4) is 0 Å². The second-order valence-corrected chi connectivity index (χ2v) is 1.42. The minimum atomic E-state index is -0.375. The van der Waals surface area contributed by atoms with Crippen LogP contribution in [0.15, 0.2) is 12.2 Å². The molecule has 0 amide bonds. The summed E-state index contributed by atoms with van der Waals surface area (Å²) < 4.78 is 4.45. The third-order valence-corrected chi connectivity index (χ3v) is 0.582. The number of carbonyl (C=O) groups is 1. The van der Waals surface area contributed by atoms with E-state index >= 15 is 0 Å². The monoisotopic (exact) mass is 136 g/mol. The van der Waals surface area contributed by atoms with E-state index in [0.717, 1.165) is 0 Å². The van der Waals surface area contributed by atoms with Crippen LogP contribution in [0.25, 0.3) is 0 Å². The molecule has 0 aromatic carbocycles. The summed E-state index contributed by atoms with van der Waals surface area (Å²) in [7, 11) is 0. The van der Waals surface area contributed by atoms with Gasteiger partial charge in [-0.15, -0.1) is 0 Å². The van der Waals surface area contributed by atoms with Crippen molar-refractivity contribution in [1.82, 2.24) is 0 Å². The van der Waals surface area contributed by atoms with Gasteiger partial charge in [-0.1, -0.05) is 6.58 Å². The van der Waals surface area contributed by atoms with Gasteiger partial charge in [0, 0.05) is 5.57 Å². The van der Waals surface area contributed by atoms with Gasteiger partial charge in [-0.3, -0.25) is 0 Å². The van der Waals surface area contributed by atoms with Gasteiger partial charge >= 0.3 is 35.5 Å². The number of hydrogen-bond donors (Lipinski definition) is 0. The van der Waals surface area contributed by atoms with Crippen LogP contribution >= 0.6 is 0 Å². The van der Waals surface area contributed by atoms with Crippen molar-refractivity contribution in [1.29, 1.82) is 0 Å². The quantitative estimate of drug-likeness (QED) is 0.189. The fourth-order valence-electron chi connectivity index (χ4n) is 0.216. The van der Waals surface area contributed by atoms with Crippen LogP contribution in [0.5, 0.6) is 0 Å². The maximum Gasteiger partial charge on any atom is 1.00 e. The molecule has 0 unspecified atom stereocenters. The SMILES string of the molecule is C=C(C)C(=O)OC[CH2-].[Na+]. The zero-order chi connectivity index (χ0) is 6.57. The van der Waals surface area contributed by atoms with E-state index in [2.05, 4.69) is 18.2 Å². The van der Waals surface area contributed by atoms with Crippen LogP contribution < -0.4 is 29.6 Å². The molecule has 0 aromatic rings. The van der Waals surface area contributed by atoms with Crippen LogP contribution in [0.3, 0.4) is 0 Å². The second kappa shape index (κ2) is 6.33. The topological polar surface area (TPSA) is 26.3 Å². The number of carbonyl (C=O) groups excluding carboxylic acids is 1. The molecule has 0 fully saturated rings. The molecule has 0 aromatic heterocycles. The first-order valence-electron chi connectivity index (χ1n) is 2.30. The Labute approximate surface area is 77.6 Å². The van der Waals surface area contributed by atoms with Gasteiger partial charge in [0.15, 0.2) is 0 Å². The van der Waals surface area contributed by atoms with Gasteiger partial charge in [-0.25, -0.2) is 4.79 Å². The molecule has 0 saturated carbocycles. The summed E-state index contributed by atoms with van der Waals surface area (Å²) in [6.45, 7) is 8.46. The summed E-state index contributed by atoms with van der Waals surface area (Å²) in [6, 6.07) is 0. The Morgan fingerprint density at radius 1 is 1.78 bits per heavy atom. The predicted octanol–water partition coefficient (Wildman–Crippen LogP) is -2.06. The summed E-state index contributed by atoms with van der Waals surface area (Å²) in [5, 5.41) is 0. The molecule has 0 aliphatic heterocycles. The van der Waals surface area contributed by atoms with Gasteiger partial charge in [0.1, 0.15) is 0 Å². The van der Waals surface area contributed by atoms with Crippen LogP contribution in [0.4, 0.5) is 0 Å². The molecule has 0 rings (SSSR count). The van der Waals surface area contributed by atoms with Gasteiger partial charge in [0.05, 0.1) is 0 Å². The Hall–Kier alpha value is 0.210. The number of rotatable bonds is 2. The summed E-state index contributed by atoms with van der Waals surface area (Å²) in [5.74, 6) is -0.375. The maximum absolute atomic E-state index is 10.4. The van der Waals surface area contributed by atoms with E-state index in [1.807, 2.05) is 0 Å². The zero-order valence-corrected chi connectivity index (χ0v) is 7.94. The second-order valence-electron chi connectivity index (χ2n) is 1.42. The average Bonchev–Trinajstić information content (AvgIpc) is 1.67. The molecular formula is C6H9NaO2. The fourth-order valence-corrected chi connectivity index (χ4v) is 0.216. The van der Waals surface area contributed by atoms with E-state index in [1.54, 1.807) is 6.92 Å². The van der Waals surface area contributed by atoms with Crippen molar-refractivity contribution in [3.05, 3.63) is 19.1 Å². The molecule has 0 radical (unpaired) electrons. The molecule has 3 heteroatoms. The van der Waals surface area contributed by atoms with E-state index < -0.39 is 0 Å². The van der Waals surface area contributed by atoms with E-state index in [9.17, 15) is 4.79 Å². The van der Waals surface area contributed by atoms with Crippen molar-refractivity contribution < 1.29 is 39.1 Å². The van der Waals surface area contributed by atoms with E-state index in [1.165, 1.54) is 0 Å². The largest absolute Gasteiger partial charge is 1.00 e. The Balaban J connectivity index is 0. The molecule has 0 aliphatic carbocycles. The molecule has 0 saturated heterocycles. The summed E-state index contributed by atoms with van der Waals surface area (Å²) in [5.41, 5.74) is 0.411. The third-order valence-electron chi connectivity index (χ3n) is 0.582. The standard InChI is InChI=1S/C6H9O2.Na/c1-4-8-6(7)5(2)3;/h1-2,4H2,3H3;/q-1;+1. The molecule has 0 atom stereocenters. The minimum Gasteiger partial charge on any atom is -0.496 e. The van der Waals surface area contributed by atoms with Crippen LogP contribution in [-0.2, 0) is 9.53 Å². The fraction of sp³-hybridized carbons (Fsp3) is 0.333. The first-order chi connectivity index (χ1) is 3.68. The molecule has 0 N–H and O–H groups in total. The smallest absolute Gasteiger partial charge is 0.496 e. The molecule has 2 nitrogen and oxygen atoms in total. The van der Waals surface area contributed by atoms with Gasteiger partial charge < -0.3 is 11.7 Å². The van der Waals surface area contributed by atoms with Gasteiger partial charge in [0.2, 0.25) is 0 Å². The van der Waals surface area contributed by atoms with E-state index in [4.69, 9.17) is 0 Å². The third kappa shape index (κ3) is 6.09. The van der Waals surface area contributed by atoms with Crippen molar-refractivity contribution in [2.45, 2.75) is 6.92 Å². The van der Waals surface area contributed by atoms with Crippen molar-refractivity contribution in [2.75, 3.05) is 6.61 Å². The summed E-state index contributed by atoms with van der Waals surface area (Å²) in [6.07, 6.45) is 0. The average molecular weight is 136 g/mol. The minimum absolute atomic E-state index is 0. The molecule has 46 valence electrons. The van der Waals surface area contributed by atoms with Crippen molar-refractivity contribution in [3.63, 3.8) is 0 Å². The van der Waals surface area contributed by atoms with E-state index in [0.29, 0.717) is 5.57 Å². The van der Waals surface area contributed by atoms with Crippen LogP contribution in [-0.4, -0.2) is 12.6 Å². The van der Waals surface area contributed by atoms with Crippen LogP contribution in [0.2, 0.25) is 0 Å². The Morgan fingerprint density at radius 2 is 2.22 bits per heavy atom. The van der Waals surface area contributed by atoms with Gasteiger partial charge in [-0.2, -0.15) is 0 Å². The Morgan fingerprint density at radius 3 is 2.33 bits per heavy atom. The van der Waals surface area contributed by atoms with Crippen molar-refractivity contribution in [2.24, 2.45) is 0 Å². The van der Waals surface area contributed by atoms with Gasteiger partial charge in [-0.05, 0) is 13.5 Å². The van der Waals surface area contributed by atoms with Crippen LogP contribution in [0.1, 0.15) is 6.92 Å². The van der Waals surface area contributed by atoms with Crippen molar-refractivity contribution >= 4 is 5.97 Å². The maximum atomic E-state index is 10.4. The van der Waals surface area contributed by atoms with Crippen LogP contribution in [0, 0.1) is 6.92 Å². The Bertz CT molecular complexity index is 110. The first kappa shape index (κ1) is 11.9. The predicted molar refractivity (Wildman–Crippen MR) is 31.1 cm³/mol. The van der Waals surface area contributed by atoms with Gasteiger partial charge in [0.25, 0.3) is 0 Å². The number of hydrogen-bond acceptors (Lipinski definition) is 2. The summed E-state index contributed by atoms with van der Waals surface area (Å²) >= 11 is 0. The molecule has 0 spiro atoms. The normalized spacial score (nSPS) is 7.33. The number of esters is 1. The zero-order valence-electron chi connectivity index (χ0n) is 5.94. The number of ether oxygens (including phenoxy) is 1. The molecule has 0 heterocycles. The molecule has 9 heavy (non-hydrogen) atoms.